The quantitative estimate of drug-likeness (QED) is 0.543. The molecule has 2 N–H and O–H groups in total. The van der Waals surface area contributed by atoms with Crippen LogP contribution in [0.4, 0.5) is 0 Å². The third-order valence-corrected chi connectivity index (χ3v) is 3.66. The molecule has 0 saturated carbocycles. The lowest BCUT2D eigenvalue weighted by Crippen LogP contribution is -2.42. The molecule has 2 aromatic heterocycles. The molecule has 120 valence electrons. The van der Waals surface area contributed by atoms with Crippen LogP contribution in [0, 0.1) is 0 Å². The van der Waals surface area contributed by atoms with Crippen LogP contribution >= 0.6 is 23.2 Å². The molecule has 0 aliphatic heterocycles. The predicted octanol–water partition coefficient (Wildman–Crippen LogP) is 3.01. The van der Waals surface area contributed by atoms with Crippen LogP contribution in [-0.2, 0) is 0 Å². The predicted molar refractivity (Wildman–Crippen MR) is 90.9 cm³/mol. The zero-order valence-electron chi connectivity index (χ0n) is 12.1. The maximum Gasteiger partial charge on any atom is 0.289 e. The minimum atomic E-state index is -0.684. The van der Waals surface area contributed by atoms with E-state index < -0.39 is 11.8 Å². The lowest BCUT2D eigenvalue weighted by Gasteiger charge is -2.08. The van der Waals surface area contributed by atoms with Crippen molar-refractivity contribution in [2.24, 2.45) is 0 Å². The van der Waals surface area contributed by atoms with Crippen LogP contribution in [0.15, 0.2) is 48.5 Å². The number of hydrogen-bond acceptors (Lipinski definition) is 4. The number of para-hydroxylation sites is 1. The van der Waals surface area contributed by atoms with Crippen LogP contribution in [0.1, 0.15) is 21.0 Å². The minimum Gasteiger partial charge on any atom is -0.266 e. The summed E-state index contributed by atoms with van der Waals surface area (Å²) < 4.78 is 0. The summed E-state index contributed by atoms with van der Waals surface area (Å²) >= 11 is 11.6. The first-order valence-corrected chi connectivity index (χ1v) is 7.59. The molecule has 0 fully saturated rings. The summed E-state index contributed by atoms with van der Waals surface area (Å²) in [4.78, 5) is 32.2. The molecule has 0 radical (unpaired) electrons. The molecule has 8 heteroatoms. The molecule has 0 saturated heterocycles. The molecule has 0 spiro atoms. The molecule has 0 unspecified atom stereocenters. The van der Waals surface area contributed by atoms with Gasteiger partial charge in [0.25, 0.3) is 11.8 Å². The van der Waals surface area contributed by atoms with E-state index >= 15 is 0 Å². The Labute approximate surface area is 146 Å². The molecule has 2 amide bonds. The Morgan fingerprint density at radius 3 is 2.42 bits per heavy atom. The molecule has 3 aromatic rings. The van der Waals surface area contributed by atoms with E-state index in [0.29, 0.717) is 5.52 Å². The highest BCUT2D eigenvalue weighted by atomic mass is 35.5. The summed E-state index contributed by atoms with van der Waals surface area (Å²) in [6, 6.07) is 13.6. The zero-order chi connectivity index (χ0) is 17.1. The van der Waals surface area contributed by atoms with Gasteiger partial charge in [-0.2, -0.15) is 0 Å². The number of hydrogen-bond donors (Lipinski definition) is 2. The van der Waals surface area contributed by atoms with Crippen molar-refractivity contribution in [2.75, 3.05) is 0 Å². The van der Waals surface area contributed by atoms with Gasteiger partial charge >= 0.3 is 0 Å². The molecule has 3 rings (SSSR count). The summed E-state index contributed by atoms with van der Waals surface area (Å²) in [6.45, 7) is 0. The lowest BCUT2D eigenvalue weighted by atomic mass is 10.2. The molecular weight excluding hydrogens is 351 g/mol. The summed E-state index contributed by atoms with van der Waals surface area (Å²) in [7, 11) is 0. The molecule has 6 nitrogen and oxygen atoms in total. The van der Waals surface area contributed by atoms with E-state index in [1.165, 1.54) is 12.1 Å². The zero-order valence-corrected chi connectivity index (χ0v) is 13.6. The SMILES string of the molecule is O=C(NNC(=O)c1nc(Cl)ccc1Cl)c1ccc2ccccc2n1. The van der Waals surface area contributed by atoms with Crippen molar-refractivity contribution in [2.45, 2.75) is 0 Å². The van der Waals surface area contributed by atoms with Crippen molar-refractivity contribution in [1.82, 2.24) is 20.8 Å². The van der Waals surface area contributed by atoms with Crippen molar-refractivity contribution in [3.8, 4) is 0 Å². The fourth-order valence-corrected chi connectivity index (χ4v) is 2.35. The molecule has 2 heterocycles. The van der Waals surface area contributed by atoms with Gasteiger partial charge in [-0.25, -0.2) is 9.97 Å². The number of aromatic nitrogens is 2. The Balaban J connectivity index is 1.72. The Morgan fingerprint density at radius 1 is 0.833 bits per heavy atom. The third-order valence-electron chi connectivity index (χ3n) is 3.15. The minimum absolute atomic E-state index is 0.0871. The van der Waals surface area contributed by atoms with Gasteiger partial charge in [-0.1, -0.05) is 47.5 Å². The number of fused-ring (bicyclic) bond motifs is 1. The van der Waals surface area contributed by atoms with Gasteiger partial charge in [0.15, 0.2) is 0 Å². The Bertz CT molecular complexity index is 946. The van der Waals surface area contributed by atoms with Gasteiger partial charge in [0, 0.05) is 5.39 Å². The monoisotopic (exact) mass is 360 g/mol. The van der Waals surface area contributed by atoms with Gasteiger partial charge < -0.3 is 0 Å². The Hall–Kier alpha value is -2.70. The second kappa shape index (κ2) is 6.82. The number of pyridine rings is 2. The largest absolute Gasteiger partial charge is 0.289 e. The molecule has 0 aliphatic carbocycles. The van der Waals surface area contributed by atoms with Crippen molar-refractivity contribution < 1.29 is 9.59 Å². The second-order valence-electron chi connectivity index (χ2n) is 4.76. The summed E-state index contributed by atoms with van der Waals surface area (Å²) in [5.41, 5.74) is 5.25. The average Bonchev–Trinajstić information content (AvgIpc) is 2.61. The Morgan fingerprint density at radius 2 is 1.58 bits per heavy atom. The first-order valence-electron chi connectivity index (χ1n) is 6.83. The average molecular weight is 361 g/mol. The number of carbonyl (C=O) groups is 2. The number of hydrazine groups is 1. The molecule has 1 aromatic carbocycles. The number of benzene rings is 1. The number of amides is 2. The van der Waals surface area contributed by atoms with E-state index in [1.54, 1.807) is 18.2 Å². The van der Waals surface area contributed by atoms with Crippen LogP contribution in [-0.4, -0.2) is 21.8 Å². The van der Waals surface area contributed by atoms with E-state index in [9.17, 15) is 9.59 Å². The first kappa shape index (κ1) is 16.2. The van der Waals surface area contributed by atoms with Gasteiger partial charge in [0.1, 0.15) is 16.5 Å². The summed E-state index contributed by atoms with van der Waals surface area (Å²) in [6.07, 6.45) is 0. The normalized spacial score (nSPS) is 10.4. The van der Waals surface area contributed by atoms with E-state index in [1.807, 2.05) is 18.2 Å². The van der Waals surface area contributed by atoms with Crippen LogP contribution in [0.25, 0.3) is 10.9 Å². The van der Waals surface area contributed by atoms with Crippen LogP contribution in [0.3, 0.4) is 0 Å². The van der Waals surface area contributed by atoms with Gasteiger partial charge in [-0.15, -0.1) is 0 Å². The molecule has 0 aliphatic rings. The van der Waals surface area contributed by atoms with Crippen molar-refractivity contribution in [3.63, 3.8) is 0 Å². The van der Waals surface area contributed by atoms with E-state index in [4.69, 9.17) is 23.2 Å². The summed E-state index contributed by atoms with van der Waals surface area (Å²) in [5.74, 6) is -1.25. The summed E-state index contributed by atoms with van der Waals surface area (Å²) in [5, 5.41) is 1.15. The Kier molecular flexibility index (Phi) is 4.59. The first-order chi connectivity index (χ1) is 11.5. The van der Waals surface area contributed by atoms with Crippen molar-refractivity contribution >= 4 is 45.9 Å². The number of rotatable bonds is 2. The van der Waals surface area contributed by atoms with E-state index in [2.05, 4.69) is 20.8 Å². The van der Waals surface area contributed by atoms with E-state index in [0.717, 1.165) is 5.39 Å². The smallest absolute Gasteiger partial charge is 0.266 e. The maximum absolute atomic E-state index is 12.1. The third kappa shape index (κ3) is 3.45. The number of nitrogens with one attached hydrogen (secondary N) is 2. The fraction of sp³-hybridized carbons (Fsp3) is 0. The number of carbonyl (C=O) groups excluding carboxylic acids is 2. The highest BCUT2D eigenvalue weighted by Gasteiger charge is 2.15. The molecule has 0 atom stereocenters. The molecular formula is C16H10Cl2N4O2. The van der Waals surface area contributed by atoms with Gasteiger partial charge in [-0.3, -0.25) is 20.4 Å². The fourth-order valence-electron chi connectivity index (χ4n) is 2.01. The lowest BCUT2D eigenvalue weighted by molar-refractivity contribution is 0.0841. The van der Waals surface area contributed by atoms with Crippen LogP contribution in [0.5, 0.6) is 0 Å². The van der Waals surface area contributed by atoms with Crippen LogP contribution < -0.4 is 10.9 Å². The standard InChI is InChI=1S/C16H10Cl2N4O2/c17-10-6-8-13(18)20-14(10)16(24)22-21-15(23)12-7-5-9-3-1-2-4-11(9)19-12/h1-8H,(H,21,23)(H,22,24). The van der Waals surface area contributed by atoms with Gasteiger partial charge in [-0.05, 0) is 24.3 Å². The van der Waals surface area contributed by atoms with Gasteiger partial charge in [0.2, 0.25) is 0 Å². The topological polar surface area (TPSA) is 84.0 Å². The second-order valence-corrected chi connectivity index (χ2v) is 5.56. The molecule has 0 bridgehead atoms. The molecule has 24 heavy (non-hydrogen) atoms. The highest BCUT2D eigenvalue weighted by Crippen LogP contribution is 2.16. The number of nitrogens with zero attached hydrogens (tertiary/aromatic N) is 2. The van der Waals surface area contributed by atoms with E-state index in [-0.39, 0.29) is 21.6 Å². The van der Waals surface area contributed by atoms with Crippen molar-refractivity contribution in [3.05, 3.63) is 70.1 Å². The highest BCUT2D eigenvalue weighted by molar-refractivity contribution is 6.34. The number of halogens is 2. The maximum atomic E-state index is 12.1. The van der Waals surface area contributed by atoms with Crippen LogP contribution in [0.2, 0.25) is 10.2 Å². The van der Waals surface area contributed by atoms with Crippen molar-refractivity contribution in [1.29, 1.82) is 0 Å². The van der Waals surface area contributed by atoms with Gasteiger partial charge in [0.05, 0.1) is 10.5 Å².